The van der Waals surface area contributed by atoms with E-state index in [9.17, 15) is 13.2 Å². The number of halogens is 3. The van der Waals surface area contributed by atoms with E-state index < -0.39 is 17.5 Å². The summed E-state index contributed by atoms with van der Waals surface area (Å²) in [6, 6.07) is 3.28. The van der Waals surface area contributed by atoms with Gasteiger partial charge in [0.1, 0.15) is 5.82 Å². The Morgan fingerprint density at radius 3 is 2.44 bits per heavy atom. The molecule has 1 aromatic carbocycles. The van der Waals surface area contributed by atoms with Crippen molar-refractivity contribution in [3.63, 3.8) is 0 Å². The second kappa shape index (κ2) is 5.30. The summed E-state index contributed by atoms with van der Waals surface area (Å²) in [6.07, 6.45) is 3.40. The van der Waals surface area contributed by atoms with E-state index in [-0.39, 0.29) is 17.6 Å². The third-order valence-electron chi connectivity index (χ3n) is 3.28. The summed E-state index contributed by atoms with van der Waals surface area (Å²) in [5, 5.41) is 11.8. The highest BCUT2D eigenvalue weighted by molar-refractivity contribution is 5.46. The smallest absolute Gasteiger partial charge is 0.161 e. The third-order valence-corrected chi connectivity index (χ3v) is 3.28. The number of nitrogens with one attached hydrogen (secondary N) is 1. The van der Waals surface area contributed by atoms with Gasteiger partial charge in [0.25, 0.3) is 0 Å². The van der Waals surface area contributed by atoms with Crippen LogP contribution in [0, 0.1) is 34.7 Å². The molecular formula is C13H13F3N2. The first-order chi connectivity index (χ1) is 8.61. The molecule has 2 unspecified atom stereocenters. The van der Waals surface area contributed by atoms with Crippen LogP contribution in [0.2, 0.25) is 0 Å². The Labute approximate surface area is 103 Å². The second-order valence-corrected chi connectivity index (χ2v) is 4.52. The maximum Gasteiger partial charge on any atom is 0.161 e. The van der Waals surface area contributed by atoms with Crippen molar-refractivity contribution < 1.29 is 13.2 Å². The molecule has 1 saturated carbocycles. The van der Waals surface area contributed by atoms with E-state index in [1.165, 1.54) is 0 Å². The van der Waals surface area contributed by atoms with Crippen LogP contribution in [0.1, 0.15) is 25.7 Å². The largest absolute Gasteiger partial charge is 0.379 e. The average Bonchev–Trinajstić information content (AvgIpc) is 2.36. The van der Waals surface area contributed by atoms with Crippen LogP contribution in [0.4, 0.5) is 18.9 Å². The third kappa shape index (κ3) is 2.58. The first-order valence-electron chi connectivity index (χ1n) is 5.92. The quantitative estimate of drug-likeness (QED) is 0.818. The van der Waals surface area contributed by atoms with Crippen molar-refractivity contribution in [2.75, 3.05) is 5.32 Å². The van der Waals surface area contributed by atoms with Gasteiger partial charge in [0.15, 0.2) is 11.6 Å². The van der Waals surface area contributed by atoms with Gasteiger partial charge in [-0.15, -0.1) is 0 Å². The fraction of sp³-hybridized carbons (Fsp3) is 0.462. The minimum Gasteiger partial charge on any atom is -0.379 e. The number of nitrogens with zero attached hydrogens (tertiary/aromatic N) is 1. The zero-order valence-corrected chi connectivity index (χ0v) is 9.72. The fourth-order valence-corrected chi connectivity index (χ4v) is 2.29. The van der Waals surface area contributed by atoms with Gasteiger partial charge in [-0.25, -0.2) is 13.2 Å². The normalized spacial score (nSPS) is 23.4. The van der Waals surface area contributed by atoms with E-state index >= 15 is 0 Å². The van der Waals surface area contributed by atoms with Gasteiger partial charge < -0.3 is 5.32 Å². The van der Waals surface area contributed by atoms with Gasteiger partial charge in [-0.05, 0) is 12.8 Å². The Kier molecular flexibility index (Phi) is 3.75. The molecule has 0 aliphatic heterocycles. The molecule has 1 N–H and O–H groups in total. The highest BCUT2D eigenvalue weighted by Crippen LogP contribution is 2.28. The lowest BCUT2D eigenvalue weighted by molar-refractivity contribution is 0.387. The summed E-state index contributed by atoms with van der Waals surface area (Å²) in [5.41, 5.74) is -0.0824. The van der Waals surface area contributed by atoms with Gasteiger partial charge >= 0.3 is 0 Å². The molecule has 1 aromatic rings. The van der Waals surface area contributed by atoms with E-state index in [4.69, 9.17) is 5.26 Å². The van der Waals surface area contributed by atoms with Crippen molar-refractivity contribution in [3.05, 3.63) is 29.6 Å². The molecule has 0 saturated heterocycles. The molecule has 96 valence electrons. The number of benzene rings is 1. The van der Waals surface area contributed by atoms with Gasteiger partial charge in [-0.2, -0.15) is 5.26 Å². The van der Waals surface area contributed by atoms with Crippen molar-refractivity contribution in [3.8, 4) is 6.07 Å². The Balaban J connectivity index is 2.18. The zero-order chi connectivity index (χ0) is 13.1. The highest BCUT2D eigenvalue weighted by atomic mass is 19.2. The van der Waals surface area contributed by atoms with Crippen molar-refractivity contribution >= 4 is 5.69 Å². The number of anilines is 1. The lowest BCUT2D eigenvalue weighted by atomic mass is 9.85. The Hall–Kier alpha value is -1.70. The van der Waals surface area contributed by atoms with Gasteiger partial charge in [-0.1, -0.05) is 12.8 Å². The minimum atomic E-state index is -1.21. The Morgan fingerprint density at radius 1 is 1.06 bits per heavy atom. The van der Waals surface area contributed by atoms with Crippen LogP contribution >= 0.6 is 0 Å². The highest BCUT2D eigenvalue weighted by Gasteiger charge is 2.25. The van der Waals surface area contributed by atoms with Crippen LogP contribution in [0.25, 0.3) is 0 Å². The lowest BCUT2D eigenvalue weighted by Crippen LogP contribution is -2.31. The zero-order valence-electron chi connectivity index (χ0n) is 9.72. The fourth-order valence-electron chi connectivity index (χ4n) is 2.29. The summed E-state index contributed by atoms with van der Waals surface area (Å²) < 4.78 is 39.3. The predicted octanol–water partition coefficient (Wildman–Crippen LogP) is 3.60. The van der Waals surface area contributed by atoms with Crippen LogP contribution in [0.5, 0.6) is 0 Å². The first kappa shape index (κ1) is 12.7. The Bertz CT molecular complexity index is 482. The van der Waals surface area contributed by atoms with Crippen LogP contribution in [-0.2, 0) is 0 Å². The second-order valence-electron chi connectivity index (χ2n) is 4.52. The molecule has 18 heavy (non-hydrogen) atoms. The number of rotatable bonds is 2. The standard InChI is InChI=1S/C13H13F3N2/c14-9-5-11(16)13(6-10(9)15)18-12-4-2-1-3-8(12)7-17/h5-6,8,12,18H,1-4H2. The molecule has 0 bridgehead atoms. The van der Waals surface area contributed by atoms with Crippen LogP contribution < -0.4 is 5.32 Å². The molecular weight excluding hydrogens is 241 g/mol. The van der Waals surface area contributed by atoms with Crippen LogP contribution in [-0.4, -0.2) is 6.04 Å². The average molecular weight is 254 g/mol. The molecule has 1 aliphatic carbocycles. The van der Waals surface area contributed by atoms with Crippen molar-refractivity contribution in [2.45, 2.75) is 31.7 Å². The van der Waals surface area contributed by atoms with E-state index in [2.05, 4.69) is 11.4 Å². The summed E-state index contributed by atoms with van der Waals surface area (Å²) in [5.74, 6) is -3.36. The van der Waals surface area contributed by atoms with Gasteiger partial charge in [0.2, 0.25) is 0 Å². The molecule has 0 spiro atoms. The number of nitriles is 1. The number of hydrogen-bond donors (Lipinski definition) is 1. The SMILES string of the molecule is N#CC1CCCCC1Nc1cc(F)c(F)cc1F. The summed E-state index contributed by atoms with van der Waals surface area (Å²) in [6.45, 7) is 0. The molecule has 1 aliphatic rings. The number of hydrogen-bond acceptors (Lipinski definition) is 2. The topological polar surface area (TPSA) is 35.8 Å². The summed E-state index contributed by atoms with van der Waals surface area (Å²) >= 11 is 0. The maximum absolute atomic E-state index is 13.5. The van der Waals surface area contributed by atoms with Gasteiger partial charge in [-0.3, -0.25) is 0 Å². The molecule has 1 fully saturated rings. The van der Waals surface area contributed by atoms with Gasteiger partial charge in [0, 0.05) is 18.2 Å². The molecule has 2 atom stereocenters. The van der Waals surface area contributed by atoms with E-state index in [1.54, 1.807) is 0 Å². The lowest BCUT2D eigenvalue weighted by Gasteiger charge is -2.28. The summed E-state index contributed by atoms with van der Waals surface area (Å²) in [4.78, 5) is 0. The van der Waals surface area contributed by atoms with Crippen molar-refractivity contribution in [1.29, 1.82) is 5.26 Å². The van der Waals surface area contributed by atoms with E-state index in [0.29, 0.717) is 6.07 Å². The van der Waals surface area contributed by atoms with E-state index in [0.717, 1.165) is 31.7 Å². The molecule has 0 radical (unpaired) electrons. The molecule has 0 heterocycles. The van der Waals surface area contributed by atoms with Crippen molar-refractivity contribution in [2.24, 2.45) is 5.92 Å². The van der Waals surface area contributed by atoms with Crippen molar-refractivity contribution in [1.82, 2.24) is 0 Å². The molecule has 2 nitrogen and oxygen atoms in total. The molecule has 2 rings (SSSR count). The van der Waals surface area contributed by atoms with E-state index in [1.807, 2.05) is 0 Å². The minimum absolute atomic E-state index is 0.0824. The maximum atomic E-state index is 13.5. The Morgan fingerprint density at radius 2 is 1.72 bits per heavy atom. The molecule has 5 heteroatoms. The van der Waals surface area contributed by atoms with Crippen LogP contribution in [0.3, 0.4) is 0 Å². The monoisotopic (exact) mass is 254 g/mol. The van der Waals surface area contributed by atoms with Crippen LogP contribution in [0.15, 0.2) is 12.1 Å². The molecule has 0 amide bonds. The predicted molar refractivity (Wildman–Crippen MR) is 61.3 cm³/mol. The first-order valence-corrected chi connectivity index (χ1v) is 5.92. The van der Waals surface area contributed by atoms with Gasteiger partial charge in [0.05, 0.1) is 17.7 Å². The molecule has 0 aromatic heterocycles. The summed E-state index contributed by atoms with van der Waals surface area (Å²) in [7, 11) is 0.